The van der Waals surface area contributed by atoms with Crippen LogP contribution in [-0.2, 0) is 17.9 Å². The smallest absolute Gasteiger partial charge is 0.260 e. The van der Waals surface area contributed by atoms with Gasteiger partial charge in [0.05, 0.1) is 13.2 Å². The first kappa shape index (κ1) is 14.9. The zero-order chi connectivity index (χ0) is 13.9. The Morgan fingerprint density at radius 2 is 2.21 bits per heavy atom. The maximum atomic E-state index is 13.4. The van der Waals surface area contributed by atoms with Gasteiger partial charge in [-0.2, -0.15) is 0 Å². The Kier molecular flexibility index (Phi) is 4.92. The molecule has 0 amide bonds. The lowest BCUT2D eigenvalue weighted by molar-refractivity contribution is -0.0661. The van der Waals surface area contributed by atoms with Crippen LogP contribution in [0.4, 0.5) is 8.78 Å². The van der Waals surface area contributed by atoms with Crippen molar-refractivity contribution in [2.75, 3.05) is 20.2 Å². The summed E-state index contributed by atoms with van der Waals surface area (Å²) in [6, 6.07) is 5.93. The average molecular weight is 334 g/mol. The first-order chi connectivity index (χ1) is 9.00. The molecule has 0 saturated carbocycles. The molecule has 1 aliphatic rings. The Labute approximate surface area is 120 Å². The standard InChI is InChI=1S/C14H18BrF2NO/c1-19-9-12-7-11(3-4-13(12)15)8-18-6-2-5-14(16,17)10-18/h3-4,7H,2,5-6,8-10H2,1H3. The maximum absolute atomic E-state index is 13.4. The van der Waals surface area contributed by atoms with Crippen LogP contribution in [-0.4, -0.2) is 31.0 Å². The monoisotopic (exact) mass is 333 g/mol. The van der Waals surface area contributed by atoms with Crippen LogP contribution in [0.1, 0.15) is 24.0 Å². The van der Waals surface area contributed by atoms with Gasteiger partial charge in [0.15, 0.2) is 0 Å². The summed E-state index contributed by atoms with van der Waals surface area (Å²) in [5, 5.41) is 0. The quantitative estimate of drug-likeness (QED) is 0.830. The summed E-state index contributed by atoms with van der Waals surface area (Å²) < 4.78 is 32.8. The second-order valence-electron chi connectivity index (χ2n) is 5.03. The fraction of sp³-hybridized carbons (Fsp3) is 0.571. The molecule has 0 atom stereocenters. The topological polar surface area (TPSA) is 12.5 Å². The van der Waals surface area contributed by atoms with E-state index in [1.807, 2.05) is 23.1 Å². The van der Waals surface area contributed by atoms with Crippen LogP contribution in [0, 0.1) is 0 Å². The van der Waals surface area contributed by atoms with Crippen LogP contribution in [0.2, 0.25) is 0 Å². The summed E-state index contributed by atoms with van der Waals surface area (Å²) in [4.78, 5) is 1.82. The third-order valence-electron chi connectivity index (χ3n) is 3.29. The molecule has 0 aliphatic carbocycles. The zero-order valence-corrected chi connectivity index (χ0v) is 12.6. The van der Waals surface area contributed by atoms with Gasteiger partial charge in [0.25, 0.3) is 5.92 Å². The van der Waals surface area contributed by atoms with E-state index in [9.17, 15) is 8.78 Å². The van der Waals surface area contributed by atoms with Gasteiger partial charge in [0, 0.05) is 24.5 Å². The summed E-state index contributed by atoms with van der Waals surface area (Å²) in [6.07, 6.45) is 0.577. The third-order valence-corrected chi connectivity index (χ3v) is 4.06. The fourth-order valence-electron chi connectivity index (χ4n) is 2.43. The summed E-state index contributed by atoms with van der Waals surface area (Å²) in [7, 11) is 1.64. The molecule has 2 nitrogen and oxygen atoms in total. The van der Waals surface area contributed by atoms with E-state index >= 15 is 0 Å². The molecule has 19 heavy (non-hydrogen) atoms. The number of benzene rings is 1. The van der Waals surface area contributed by atoms with Crippen LogP contribution in [0.5, 0.6) is 0 Å². The SMILES string of the molecule is COCc1cc(CN2CCCC(F)(F)C2)ccc1Br. The molecule has 1 saturated heterocycles. The number of hydrogen-bond donors (Lipinski definition) is 0. The average Bonchev–Trinajstić information content (AvgIpc) is 2.32. The number of methoxy groups -OCH3 is 1. The molecule has 0 aromatic heterocycles. The summed E-state index contributed by atoms with van der Waals surface area (Å²) in [6.45, 7) is 1.69. The number of rotatable bonds is 4. The summed E-state index contributed by atoms with van der Waals surface area (Å²) >= 11 is 3.46. The molecule has 106 valence electrons. The second kappa shape index (κ2) is 6.29. The Bertz CT molecular complexity index is 439. The van der Waals surface area contributed by atoms with Gasteiger partial charge >= 0.3 is 0 Å². The van der Waals surface area contributed by atoms with Gasteiger partial charge in [-0.05, 0) is 30.2 Å². The molecule has 1 aliphatic heterocycles. The van der Waals surface area contributed by atoms with Crippen LogP contribution in [0.15, 0.2) is 22.7 Å². The minimum Gasteiger partial charge on any atom is -0.380 e. The van der Waals surface area contributed by atoms with Crippen LogP contribution in [0.25, 0.3) is 0 Å². The van der Waals surface area contributed by atoms with Crippen molar-refractivity contribution in [3.63, 3.8) is 0 Å². The van der Waals surface area contributed by atoms with E-state index in [-0.39, 0.29) is 13.0 Å². The lowest BCUT2D eigenvalue weighted by Gasteiger charge is -2.32. The number of halogens is 3. The third kappa shape index (κ3) is 4.23. The molecule has 1 aromatic rings. The highest BCUT2D eigenvalue weighted by Crippen LogP contribution is 2.28. The molecule has 0 spiro atoms. The van der Waals surface area contributed by atoms with Crippen molar-refractivity contribution in [3.8, 4) is 0 Å². The van der Waals surface area contributed by atoms with E-state index in [0.717, 1.165) is 22.1 Å². The van der Waals surface area contributed by atoms with E-state index < -0.39 is 5.92 Å². The van der Waals surface area contributed by atoms with Gasteiger partial charge in [0.2, 0.25) is 0 Å². The van der Waals surface area contributed by atoms with Crippen molar-refractivity contribution in [1.29, 1.82) is 0 Å². The minimum absolute atomic E-state index is 0.0127. The Hall–Kier alpha value is -0.520. The highest BCUT2D eigenvalue weighted by Gasteiger charge is 2.34. The highest BCUT2D eigenvalue weighted by molar-refractivity contribution is 9.10. The second-order valence-corrected chi connectivity index (χ2v) is 5.88. The normalized spacial score (nSPS) is 19.6. The Morgan fingerprint density at radius 1 is 1.42 bits per heavy atom. The molecule has 0 bridgehead atoms. The molecule has 1 aromatic carbocycles. The molecular weight excluding hydrogens is 316 g/mol. The van der Waals surface area contributed by atoms with E-state index in [0.29, 0.717) is 19.6 Å². The summed E-state index contributed by atoms with van der Waals surface area (Å²) in [5.74, 6) is -2.54. The van der Waals surface area contributed by atoms with Gasteiger partial charge in [-0.25, -0.2) is 8.78 Å². The van der Waals surface area contributed by atoms with Crippen LogP contribution >= 0.6 is 15.9 Å². The van der Waals surface area contributed by atoms with Gasteiger partial charge in [-0.3, -0.25) is 4.90 Å². The number of alkyl halides is 2. The van der Waals surface area contributed by atoms with E-state index in [2.05, 4.69) is 15.9 Å². The fourth-order valence-corrected chi connectivity index (χ4v) is 2.79. The van der Waals surface area contributed by atoms with Gasteiger partial charge < -0.3 is 4.74 Å². The van der Waals surface area contributed by atoms with Crippen molar-refractivity contribution < 1.29 is 13.5 Å². The van der Waals surface area contributed by atoms with E-state index in [4.69, 9.17) is 4.74 Å². The number of hydrogen-bond acceptors (Lipinski definition) is 2. The minimum atomic E-state index is -2.54. The van der Waals surface area contributed by atoms with Crippen molar-refractivity contribution >= 4 is 15.9 Å². The molecule has 0 N–H and O–H groups in total. The number of piperidine rings is 1. The molecule has 1 heterocycles. The molecule has 0 radical (unpaired) electrons. The number of ether oxygens (including phenoxy) is 1. The lowest BCUT2D eigenvalue weighted by atomic mass is 10.1. The largest absolute Gasteiger partial charge is 0.380 e. The van der Waals surface area contributed by atoms with Gasteiger partial charge in [-0.15, -0.1) is 0 Å². The van der Waals surface area contributed by atoms with Crippen LogP contribution in [0.3, 0.4) is 0 Å². The Balaban J connectivity index is 2.04. The lowest BCUT2D eigenvalue weighted by Crippen LogP contribution is -2.42. The molecule has 2 rings (SSSR count). The van der Waals surface area contributed by atoms with Crippen molar-refractivity contribution in [3.05, 3.63) is 33.8 Å². The molecule has 5 heteroatoms. The van der Waals surface area contributed by atoms with Crippen molar-refractivity contribution in [1.82, 2.24) is 4.90 Å². The van der Waals surface area contributed by atoms with Crippen LogP contribution < -0.4 is 0 Å². The number of likely N-dealkylation sites (tertiary alicyclic amines) is 1. The van der Waals surface area contributed by atoms with Gasteiger partial charge in [0.1, 0.15) is 0 Å². The van der Waals surface area contributed by atoms with Gasteiger partial charge in [-0.1, -0.05) is 28.1 Å². The number of nitrogens with zero attached hydrogens (tertiary/aromatic N) is 1. The van der Waals surface area contributed by atoms with Crippen molar-refractivity contribution in [2.24, 2.45) is 0 Å². The van der Waals surface area contributed by atoms with Crippen molar-refractivity contribution in [2.45, 2.75) is 31.9 Å². The zero-order valence-electron chi connectivity index (χ0n) is 11.0. The first-order valence-corrected chi connectivity index (χ1v) is 7.16. The Morgan fingerprint density at radius 3 is 2.89 bits per heavy atom. The first-order valence-electron chi connectivity index (χ1n) is 6.36. The molecule has 1 fully saturated rings. The summed E-state index contributed by atoms with van der Waals surface area (Å²) in [5.41, 5.74) is 2.09. The molecule has 0 unspecified atom stereocenters. The highest BCUT2D eigenvalue weighted by atomic mass is 79.9. The molecular formula is C14H18BrF2NO. The predicted molar refractivity (Wildman–Crippen MR) is 74.3 cm³/mol. The van der Waals surface area contributed by atoms with E-state index in [1.54, 1.807) is 7.11 Å². The predicted octanol–water partition coefficient (Wildman–Crippen LogP) is 3.83. The van der Waals surface area contributed by atoms with E-state index in [1.165, 1.54) is 0 Å². The maximum Gasteiger partial charge on any atom is 0.260 e.